The molecule has 0 aliphatic rings. The number of aromatic nitrogens is 2. The van der Waals surface area contributed by atoms with Gasteiger partial charge < -0.3 is 4.74 Å². The van der Waals surface area contributed by atoms with Crippen LogP contribution in [0, 0.1) is 13.8 Å². The molecule has 2 aromatic rings. The van der Waals surface area contributed by atoms with Crippen molar-refractivity contribution >= 4 is 5.91 Å². The Bertz CT molecular complexity index is 498. The molecule has 1 aromatic heterocycles. The minimum Gasteiger partial charge on any atom is -0.483 e. The number of aryl methyl sites for hydroxylation is 2. The van der Waals surface area contributed by atoms with Gasteiger partial charge in [-0.2, -0.15) is 0 Å². The van der Waals surface area contributed by atoms with E-state index < -0.39 is 0 Å². The average molecular weight is 230 g/mol. The second kappa shape index (κ2) is 4.82. The van der Waals surface area contributed by atoms with Crippen molar-refractivity contribution in [1.29, 1.82) is 0 Å². The van der Waals surface area contributed by atoms with Crippen LogP contribution in [0.15, 0.2) is 36.9 Å². The monoisotopic (exact) mass is 230 g/mol. The van der Waals surface area contributed by atoms with E-state index in [-0.39, 0.29) is 12.5 Å². The van der Waals surface area contributed by atoms with Gasteiger partial charge in [0.05, 0.1) is 0 Å². The van der Waals surface area contributed by atoms with E-state index in [0.717, 1.165) is 16.9 Å². The van der Waals surface area contributed by atoms with Crippen LogP contribution in [-0.4, -0.2) is 22.1 Å². The Hall–Kier alpha value is -2.10. The molecular weight excluding hydrogens is 216 g/mol. The van der Waals surface area contributed by atoms with Gasteiger partial charge in [0.2, 0.25) is 0 Å². The maximum atomic E-state index is 11.7. The van der Waals surface area contributed by atoms with E-state index in [9.17, 15) is 4.79 Å². The molecule has 0 bridgehead atoms. The van der Waals surface area contributed by atoms with Crippen LogP contribution in [0.1, 0.15) is 15.9 Å². The third kappa shape index (κ3) is 2.53. The molecule has 4 heteroatoms. The number of rotatable bonds is 3. The van der Waals surface area contributed by atoms with Gasteiger partial charge in [-0.05, 0) is 25.0 Å². The molecule has 0 saturated heterocycles. The van der Waals surface area contributed by atoms with Crippen LogP contribution < -0.4 is 4.74 Å². The van der Waals surface area contributed by atoms with Crippen LogP contribution in [0.3, 0.4) is 0 Å². The van der Waals surface area contributed by atoms with Gasteiger partial charge in [0.15, 0.2) is 6.61 Å². The van der Waals surface area contributed by atoms with Crippen LogP contribution in [-0.2, 0) is 0 Å². The molecule has 0 aliphatic carbocycles. The number of nitrogens with zero attached hydrogens (tertiary/aromatic N) is 2. The summed E-state index contributed by atoms with van der Waals surface area (Å²) >= 11 is 0. The first-order valence-corrected chi connectivity index (χ1v) is 5.38. The number of imidazole rings is 1. The zero-order valence-electron chi connectivity index (χ0n) is 9.88. The molecule has 17 heavy (non-hydrogen) atoms. The highest BCUT2D eigenvalue weighted by Crippen LogP contribution is 2.22. The molecule has 4 nitrogen and oxygen atoms in total. The third-order valence-electron chi connectivity index (χ3n) is 2.54. The van der Waals surface area contributed by atoms with E-state index >= 15 is 0 Å². The standard InChI is InChI=1S/C13H14N2O2/c1-10-4-3-5-11(2)13(10)17-8-12(16)15-7-6-14-9-15/h3-7,9H,8H2,1-2H3. The Morgan fingerprint density at radius 3 is 2.65 bits per heavy atom. The topological polar surface area (TPSA) is 44.1 Å². The lowest BCUT2D eigenvalue weighted by molar-refractivity contribution is 0.0836. The maximum absolute atomic E-state index is 11.7. The second-order valence-electron chi connectivity index (χ2n) is 3.87. The smallest absolute Gasteiger partial charge is 0.269 e. The van der Waals surface area contributed by atoms with Crippen molar-refractivity contribution in [3.63, 3.8) is 0 Å². The number of para-hydroxylation sites is 1. The molecule has 2 rings (SSSR count). The van der Waals surface area contributed by atoms with Crippen molar-refractivity contribution in [2.45, 2.75) is 13.8 Å². The van der Waals surface area contributed by atoms with E-state index in [1.807, 2.05) is 32.0 Å². The molecule has 0 saturated carbocycles. The van der Waals surface area contributed by atoms with E-state index in [4.69, 9.17) is 4.74 Å². The van der Waals surface area contributed by atoms with Gasteiger partial charge in [-0.1, -0.05) is 18.2 Å². The van der Waals surface area contributed by atoms with Gasteiger partial charge in [0.1, 0.15) is 12.1 Å². The summed E-state index contributed by atoms with van der Waals surface area (Å²) < 4.78 is 6.97. The van der Waals surface area contributed by atoms with E-state index in [1.54, 1.807) is 12.4 Å². The number of carbonyl (C=O) groups excluding carboxylic acids is 1. The summed E-state index contributed by atoms with van der Waals surface area (Å²) in [5, 5.41) is 0. The minimum atomic E-state index is -0.134. The summed E-state index contributed by atoms with van der Waals surface area (Å²) in [4.78, 5) is 15.5. The maximum Gasteiger partial charge on any atom is 0.269 e. The lowest BCUT2D eigenvalue weighted by atomic mass is 10.1. The quantitative estimate of drug-likeness (QED) is 0.812. The van der Waals surface area contributed by atoms with Gasteiger partial charge >= 0.3 is 0 Å². The van der Waals surface area contributed by atoms with Gasteiger partial charge in [-0.3, -0.25) is 9.36 Å². The number of hydrogen-bond donors (Lipinski definition) is 0. The van der Waals surface area contributed by atoms with Crippen molar-refractivity contribution in [3.05, 3.63) is 48.0 Å². The number of benzene rings is 1. The van der Waals surface area contributed by atoms with Gasteiger partial charge in [0, 0.05) is 12.4 Å². The predicted octanol–water partition coefficient (Wildman–Crippen LogP) is 2.22. The molecule has 0 fully saturated rings. The fourth-order valence-electron chi connectivity index (χ4n) is 1.64. The van der Waals surface area contributed by atoms with Gasteiger partial charge in [-0.15, -0.1) is 0 Å². The van der Waals surface area contributed by atoms with Crippen LogP contribution in [0.4, 0.5) is 0 Å². The zero-order valence-corrected chi connectivity index (χ0v) is 9.88. The summed E-state index contributed by atoms with van der Waals surface area (Å²) in [5.41, 5.74) is 2.06. The van der Waals surface area contributed by atoms with Crippen LogP contribution >= 0.6 is 0 Å². The Kier molecular flexibility index (Phi) is 3.23. The Morgan fingerprint density at radius 1 is 1.35 bits per heavy atom. The van der Waals surface area contributed by atoms with Crippen LogP contribution in [0.5, 0.6) is 5.75 Å². The fraction of sp³-hybridized carbons (Fsp3) is 0.231. The number of carbonyl (C=O) groups is 1. The van der Waals surface area contributed by atoms with Crippen LogP contribution in [0.2, 0.25) is 0 Å². The van der Waals surface area contributed by atoms with E-state index in [1.165, 1.54) is 10.9 Å². The Morgan fingerprint density at radius 2 is 2.06 bits per heavy atom. The van der Waals surface area contributed by atoms with Crippen molar-refractivity contribution in [1.82, 2.24) is 9.55 Å². The molecule has 0 radical (unpaired) electrons. The summed E-state index contributed by atoms with van der Waals surface area (Å²) in [6, 6.07) is 5.89. The molecule has 0 aliphatic heterocycles. The molecule has 88 valence electrons. The highest BCUT2D eigenvalue weighted by Gasteiger charge is 2.08. The fourth-order valence-corrected chi connectivity index (χ4v) is 1.64. The average Bonchev–Trinajstić information content (AvgIpc) is 2.81. The minimum absolute atomic E-state index is 0.0159. The van der Waals surface area contributed by atoms with Crippen molar-refractivity contribution in [2.24, 2.45) is 0 Å². The molecule has 0 atom stereocenters. The highest BCUT2D eigenvalue weighted by atomic mass is 16.5. The first-order chi connectivity index (χ1) is 8.18. The normalized spacial score (nSPS) is 10.2. The molecule has 0 spiro atoms. The lowest BCUT2D eigenvalue weighted by Crippen LogP contribution is -2.18. The molecule has 1 heterocycles. The van der Waals surface area contributed by atoms with Crippen molar-refractivity contribution in [2.75, 3.05) is 6.61 Å². The summed E-state index contributed by atoms with van der Waals surface area (Å²) in [6.07, 6.45) is 4.64. The Labute approximate surface area is 99.9 Å². The molecular formula is C13H14N2O2. The van der Waals surface area contributed by atoms with E-state index in [2.05, 4.69) is 4.98 Å². The van der Waals surface area contributed by atoms with Crippen molar-refractivity contribution < 1.29 is 9.53 Å². The SMILES string of the molecule is Cc1cccc(C)c1OCC(=O)n1ccnc1. The van der Waals surface area contributed by atoms with Crippen LogP contribution in [0.25, 0.3) is 0 Å². The number of ether oxygens (including phenoxy) is 1. The Balaban J connectivity index is 2.06. The van der Waals surface area contributed by atoms with Gasteiger partial charge in [-0.25, -0.2) is 4.98 Å². The van der Waals surface area contributed by atoms with Gasteiger partial charge in [0.25, 0.3) is 5.91 Å². The first kappa shape index (κ1) is 11.4. The summed E-state index contributed by atoms with van der Waals surface area (Å²) in [5.74, 6) is 0.645. The number of hydrogen-bond acceptors (Lipinski definition) is 3. The summed E-state index contributed by atoms with van der Waals surface area (Å²) in [6.45, 7) is 3.94. The summed E-state index contributed by atoms with van der Waals surface area (Å²) in [7, 11) is 0. The molecule has 0 amide bonds. The molecule has 0 unspecified atom stereocenters. The zero-order chi connectivity index (χ0) is 12.3. The first-order valence-electron chi connectivity index (χ1n) is 5.38. The highest BCUT2D eigenvalue weighted by molar-refractivity contribution is 5.80. The lowest BCUT2D eigenvalue weighted by Gasteiger charge is -2.11. The largest absolute Gasteiger partial charge is 0.483 e. The predicted molar refractivity (Wildman–Crippen MR) is 64.3 cm³/mol. The second-order valence-corrected chi connectivity index (χ2v) is 3.87. The third-order valence-corrected chi connectivity index (χ3v) is 2.54. The molecule has 1 aromatic carbocycles. The van der Waals surface area contributed by atoms with E-state index in [0.29, 0.717) is 0 Å². The molecule has 0 N–H and O–H groups in total. The van der Waals surface area contributed by atoms with Crippen molar-refractivity contribution in [3.8, 4) is 5.75 Å².